The summed E-state index contributed by atoms with van der Waals surface area (Å²) in [6.07, 6.45) is 1.97. The summed E-state index contributed by atoms with van der Waals surface area (Å²) in [5, 5.41) is 6.02. The van der Waals surface area contributed by atoms with Crippen molar-refractivity contribution in [2.45, 2.75) is 0 Å². The standard InChI is InChI=1S/C46H28N4S/c1-3-12-29(13-4-1)44-48-45(30-14-5-2-6-15-30)50-46(49-44)33-17-11-16-32(24-33)39-26-35(27-40-37-19-8-10-21-42(37)51-43(39)40)31-22-23-34-28-47-41-20-9-7-18-36(41)38(34)25-31/h1-28H. The Hall–Kier alpha value is -6.56. The zero-order valence-electron chi connectivity index (χ0n) is 27.4. The average Bonchev–Trinajstić information content (AvgIpc) is 3.59. The van der Waals surface area contributed by atoms with Crippen LogP contribution in [-0.2, 0) is 0 Å². The number of aromatic nitrogens is 4. The first-order valence-corrected chi connectivity index (χ1v) is 17.8. The maximum atomic E-state index is 5.03. The second-order valence-electron chi connectivity index (χ2n) is 12.7. The van der Waals surface area contributed by atoms with Crippen LogP contribution in [0.1, 0.15) is 0 Å². The van der Waals surface area contributed by atoms with E-state index in [1.54, 1.807) is 0 Å². The summed E-state index contributed by atoms with van der Waals surface area (Å²) < 4.78 is 2.54. The number of para-hydroxylation sites is 1. The van der Waals surface area contributed by atoms with Gasteiger partial charge in [-0.1, -0.05) is 127 Å². The Morgan fingerprint density at radius 3 is 1.75 bits per heavy atom. The topological polar surface area (TPSA) is 51.6 Å². The Morgan fingerprint density at radius 1 is 0.373 bits per heavy atom. The van der Waals surface area contributed by atoms with Gasteiger partial charge >= 0.3 is 0 Å². The monoisotopic (exact) mass is 668 g/mol. The zero-order valence-corrected chi connectivity index (χ0v) is 28.2. The fourth-order valence-corrected chi connectivity index (χ4v) is 8.23. The number of hydrogen-bond donors (Lipinski definition) is 0. The summed E-state index contributed by atoms with van der Waals surface area (Å²) in [6, 6.07) is 57.4. The number of rotatable bonds is 5. The van der Waals surface area contributed by atoms with Crippen LogP contribution in [0.2, 0.25) is 0 Å². The van der Waals surface area contributed by atoms with E-state index in [9.17, 15) is 0 Å². The number of benzene rings is 7. The van der Waals surface area contributed by atoms with Gasteiger partial charge in [-0.3, -0.25) is 4.98 Å². The minimum atomic E-state index is 0.642. The normalized spacial score (nSPS) is 11.5. The number of nitrogens with zero attached hydrogens (tertiary/aromatic N) is 4. The molecule has 0 fully saturated rings. The number of hydrogen-bond acceptors (Lipinski definition) is 5. The number of fused-ring (bicyclic) bond motifs is 6. The molecule has 0 aliphatic carbocycles. The van der Waals surface area contributed by atoms with Crippen molar-refractivity contribution in [2.75, 3.05) is 0 Å². The summed E-state index contributed by atoms with van der Waals surface area (Å²) in [5.41, 5.74) is 8.49. The molecule has 0 saturated carbocycles. The van der Waals surface area contributed by atoms with Crippen LogP contribution in [0.25, 0.3) is 98.3 Å². The lowest BCUT2D eigenvalue weighted by molar-refractivity contribution is 1.07. The van der Waals surface area contributed by atoms with Gasteiger partial charge in [0.25, 0.3) is 0 Å². The third-order valence-electron chi connectivity index (χ3n) is 9.53. The molecule has 0 aliphatic heterocycles. The van der Waals surface area contributed by atoms with Gasteiger partial charge < -0.3 is 0 Å². The van der Waals surface area contributed by atoms with E-state index < -0.39 is 0 Å². The summed E-state index contributed by atoms with van der Waals surface area (Å²) in [6.45, 7) is 0. The second kappa shape index (κ2) is 12.1. The van der Waals surface area contributed by atoms with Crippen LogP contribution in [0.15, 0.2) is 170 Å². The first-order chi connectivity index (χ1) is 25.2. The fraction of sp³-hybridized carbons (Fsp3) is 0. The van der Waals surface area contributed by atoms with Gasteiger partial charge in [-0.15, -0.1) is 11.3 Å². The van der Waals surface area contributed by atoms with E-state index in [1.807, 2.05) is 84.3 Å². The third kappa shape index (κ3) is 5.23. The SMILES string of the molecule is c1ccc(-c2nc(-c3ccccc3)nc(-c3cccc(-c4cc(-c5ccc6cnc7ccccc7c6c5)cc5c4sc4ccccc45)c3)n2)cc1. The van der Waals surface area contributed by atoms with Crippen molar-refractivity contribution in [3.63, 3.8) is 0 Å². The summed E-state index contributed by atoms with van der Waals surface area (Å²) in [7, 11) is 0. The first kappa shape index (κ1) is 29.4. The third-order valence-corrected chi connectivity index (χ3v) is 10.8. The highest BCUT2D eigenvalue weighted by Gasteiger charge is 2.17. The molecule has 10 rings (SSSR count). The van der Waals surface area contributed by atoms with Gasteiger partial charge in [-0.2, -0.15) is 0 Å². The van der Waals surface area contributed by atoms with E-state index in [2.05, 4.69) is 97.1 Å². The molecule has 0 saturated heterocycles. The predicted molar refractivity (Wildman–Crippen MR) is 213 cm³/mol. The summed E-state index contributed by atoms with van der Waals surface area (Å²) in [5.74, 6) is 1.94. The van der Waals surface area contributed by atoms with Crippen LogP contribution < -0.4 is 0 Å². The molecule has 51 heavy (non-hydrogen) atoms. The number of thiophene rings is 1. The Labute approximate surface area is 298 Å². The van der Waals surface area contributed by atoms with Crippen molar-refractivity contribution in [3.05, 3.63) is 170 Å². The maximum Gasteiger partial charge on any atom is 0.164 e. The minimum Gasteiger partial charge on any atom is -0.256 e. The van der Waals surface area contributed by atoms with Crippen molar-refractivity contribution < 1.29 is 0 Å². The molecule has 0 amide bonds. The summed E-state index contributed by atoms with van der Waals surface area (Å²) >= 11 is 1.84. The van der Waals surface area contributed by atoms with Gasteiger partial charge in [0.1, 0.15) is 0 Å². The van der Waals surface area contributed by atoms with Gasteiger partial charge in [0, 0.05) is 59.4 Å². The van der Waals surface area contributed by atoms with Crippen molar-refractivity contribution in [2.24, 2.45) is 0 Å². The van der Waals surface area contributed by atoms with Crippen LogP contribution in [0, 0.1) is 0 Å². The lowest BCUT2D eigenvalue weighted by Gasteiger charge is -2.12. The Morgan fingerprint density at radius 2 is 0.980 bits per heavy atom. The van der Waals surface area contributed by atoms with E-state index in [1.165, 1.54) is 42.2 Å². The lowest BCUT2D eigenvalue weighted by Crippen LogP contribution is -2.00. The maximum absolute atomic E-state index is 5.03. The Bertz CT molecular complexity index is 2860. The van der Waals surface area contributed by atoms with Gasteiger partial charge in [0.2, 0.25) is 0 Å². The van der Waals surface area contributed by atoms with Crippen LogP contribution in [-0.4, -0.2) is 19.9 Å². The van der Waals surface area contributed by atoms with Crippen molar-refractivity contribution in [3.8, 4) is 56.4 Å². The molecule has 5 heteroatoms. The van der Waals surface area contributed by atoms with Crippen molar-refractivity contribution in [1.29, 1.82) is 0 Å². The molecule has 7 aromatic carbocycles. The van der Waals surface area contributed by atoms with Gasteiger partial charge in [-0.05, 0) is 58.5 Å². The lowest BCUT2D eigenvalue weighted by atomic mass is 9.94. The van der Waals surface area contributed by atoms with E-state index in [-0.39, 0.29) is 0 Å². The van der Waals surface area contributed by atoms with Gasteiger partial charge in [0.05, 0.1) is 5.52 Å². The smallest absolute Gasteiger partial charge is 0.164 e. The quantitative estimate of drug-likeness (QED) is 0.171. The van der Waals surface area contributed by atoms with Crippen LogP contribution in [0.3, 0.4) is 0 Å². The van der Waals surface area contributed by atoms with E-state index >= 15 is 0 Å². The first-order valence-electron chi connectivity index (χ1n) is 17.0. The Kier molecular flexibility index (Phi) is 6.96. The molecule has 3 heterocycles. The van der Waals surface area contributed by atoms with E-state index in [0.717, 1.165) is 38.5 Å². The molecule has 4 nitrogen and oxygen atoms in total. The molecule has 0 N–H and O–H groups in total. The van der Waals surface area contributed by atoms with Gasteiger partial charge in [0.15, 0.2) is 17.5 Å². The molecule has 0 atom stereocenters. The highest BCUT2D eigenvalue weighted by atomic mass is 32.1. The van der Waals surface area contributed by atoms with Crippen molar-refractivity contribution in [1.82, 2.24) is 19.9 Å². The fourth-order valence-electron chi connectivity index (χ4n) is 7.01. The van der Waals surface area contributed by atoms with Crippen LogP contribution in [0.4, 0.5) is 0 Å². The zero-order chi connectivity index (χ0) is 33.7. The van der Waals surface area contributed by atoms with E-state index in [0.29, 0.717) is 17.5 Å². The van der Waals surface area contributed by atoms with Crippen LogP contribution >= 0.6 is 11.3 Å². The van der Waals surface area contributed by atoms with Crippen molar-refractivity contribution >= 4 is 53.2 Å². The molecule has 0 radical (unpaired) electrons. The summed E-state index contributed by atoms with van der Waals surface area (Å²) in [4.78, 5) is 19.7. The molecule has 10 aromatic rings. The molecular weight excluding hydrogens is 641 g/mol. The highest BCUT2D eigenvalue weighted by molar-refractivity contribution is 7.26. The second-order valence-corrected chi connectivity index (χ2v) is 13.7. The minimum absolute atomic E-state index is 0.642. The van der Waals surface area contributed by atoms with Crippen LogP contribution in [0.5, 0.6) is 0 Å². The largest absolute Gasteiger partial charge is 0.256 e. The molecule has 0 spiro atoms. The molecule has 0 unspecified atom stereocenters. The highest BCUT2D eigenvalue weighted by Crippen LogP contribution is 2.44. The average molecular weight is 669 g/mol. The predicted octanol–water partition coefficient (Wildman–Crippen LogP) is 12.3. The molecule has 0 bridgehead atoms. The number of pyridine rings is 1. The molecule has 238 valence electrons. The molecule has 0 aliphatic rings. The van der Waals surface area contributed by atoms with Gasteiger partial charge in [-0.25, -0.2) is 15.0 Å². The van der Waals surface area contributed by atoms with E-state index in [4.69, 9.17) is 19.9 Å². The Balaban J connectivity index is 1.17. The molecule has 3 aromatic heterocycles. The molecular formula is C46H28N4S.